The number of benzene rings is 2. The van der Waals surface area contributed by atoms with E-state index in [0.29, 0.717) is 39.5 Å². The lowest BCUT2D eigenvalue weighted by molar-refractivity contribution is -0.757. The molecule has 0 radical (unpaired) electrons. The van der Waals surface area contributed by atoms with E-state index in [-0.39, 0.29) is 37.4 Å². The van der Waals surface area contributed by atoms with Crippen molar-refractivity contribution in [3.05, 3.63) is 63.7 Å². The minimum absolute atomic E-state index is 0.0146. The topological polar surface area (TPSA) is 160 Å². The van der Waals surface area contributed by atoms with E-state index in [9.17, 15) is 19.7 Å². The van der Waals surface area contributed by atoms with Gasteiger partial charge in [-0.25, -0.2) is 0 Å². The van der Waals surface area contributed by atoms with Crippen LogP contribution >= 0.6 is 0 Å². The lowest BCUT2D eigenvalue weighted by atomic mass is 9.79. The molecule has 0 bridgehead atoms. The molecule has 252 valence electrons. The summed E-state index contributed by atoms with van der Waals surface area (Å²) < 4.78 is 28.1. The second-order valence-electron chi connectivity index (χ2n) is 11.2. The van der Waals surface area contributed by atoms with E-state index in [0.717, 1.165) is 47.8 Å². The number of hydrogen-bond donors (Lipinski definition) is 2. The number of ether oxygens (including phenoxy) is 5. The van der Waals surface area contributed by atoms with Crippen LogP contribution in [0.25, 0.3) is 0 Å². The smallest absolute Gasteiger partial charge is 0.306 e. The second-order valence-corrected chi connectivity index (χ2v) is 11.2. The van der Waals surface area contributed by atoms with Crippen molar-refractivity contribution in [3.8, 4) is 11.5 Å². The monoisotopic (exact) mass is 644 g/mol. The highest BCUT2D eigenvalue weighted by molar-refractivity contribution is 5.80. The largest absolute Gasteiger partial charge is 0.497 e. The third-order valence-corrected chi connectivity index (χ3v) is 8.03. The fraction of sp³-hybridized carbons (Fsp3) is 0.562. The number of fused-ring (bicyclic) bond motifs is 1. The van der Waals surface area contributed by atoms with E-state index in [1.54, 1.807) is 14.2 Å². The number of amides is 1. The van der Waals surface area contributed by atoms with Gasteiger partial charge in [-0.3, -0.25) is 9.59 Å². The maximum Gasteiger partial charge on any atom is 0.306 e. The summed E-state index contributed by atoms with van der Waals surface area (Å²) in [6.07, 6.45) is 0.769. The molecule has 0 spiro atoms. The molecule has 0 aliphatic carbocycles. The molecule has 4 rings (SSSR count). The molecule has 0 unspecified atom stereocenters. The van der Waals surface area contributed by atoms with Gasteiger partial charge in [0, 0.05) is 52.2 Å². The molecule has 2 aromatic carbocycles. The van der Waals surface area contributed by atoms with E-state index in [4.69, 9.17) is 23.7 Å². The Kier molecular flexibility index (Phi) is 13.7. The lowest BCUT2D eigenvalue weighted by Gasteiger charge is -2.39. The summed E-state index contributed by atoms with van der Waals surface area (Å²) in [7, 11) is 3.34. The first-order valence-corrected chi connectivity index (χ1v) is 15.5. The number of carbonyl (C=O) groups is 2. The number of esters is 1. The van der Waals surface area contributed by atoms with Gasteiger partial charge in [-0.05, 0) is 54.2 Å². The molecule has 2 aliphatic rings. The van der Waals surface area contributed by atoms with Gasteiger partial charge in [0.1, 0.15) is 18.1 Å². The Morgan fingerprint density at radius 2 is 1.93 bits per heavy atom. The molecule has 2 aromatic rings. The molecule has 3 atom stereocenters. The summed E-state index contributed by atoms with van der Waals surface area (Å²) in [5, 5.41) is 15.6. The zero-order chi connectivity index (χ0) is 32.7. The standard InChI is InChI=1S/C32H44N4O10/c1-41-14-4-12-35-13-16-43-28-11-6-23(17-27(28)35)21-44-29-20-33-18-25(32(29)24-7-9-26(42-2)10-8-24)19-34-30(37)22-45-31(38)5-3-15-46-36(39)40/h6-11,17,25,29,32-33H,3-5,12-16,18-22H2,1-2H3,(H,34,37)/t25-,29-,32-/m0/s1. The minimum Gasteiger partial charge on any atom is -0.497 e. The number of piperidine rings is 1. The Morgan fingerprint density at radius 3 is 2.70 bits per heavy atom. The van der Waals surface area contributed by atoms with Crippen LogP contribution in [-0.2, 0) is 35.2 Å². The SMILES string of the molecule is COCCCN1CCOc2ccc(CO[C@H]3CNC[C@@H](CNC(=O)COC(=O)CCCO[N+](=O)[O-])[C@@H]3c3ccc(OC)cc3)cc21. The first-order valence-electron chi connectivity index (χ1n) is 15.5. The highest BCUT2D eigenvalue weighted by atomic mass is 16.9. The van der Waals surface area contributed by atoms with Gasteiger partial charge in [-0.2, -0.15) is 0 Å². The molecule has 46 heavy (non-hydrogen) atoms. The molecule has 2 N–H and O–H groups in total. The Morgan fingerprint density at radius 1 is 1.11 bits per heavy atom. The van der Waals surface area contributed by atoms with E-state index < -0.39 is 23.6 Å². The number of nitrogens with zero attached hydrogens (tertiary/aromatic N) is 2. The molecule has 14 heteroatoms. The van der Waals surface area contributed by atoms with Gasteiger partial charge in [0.25, 0.3) is 11.0 Å². The number of rotatable bonds is 18. The van der Waals surface area contributed by atoms with E-state index in [2.05, 4.69) is 26.4 Å². The van der Waals surface area contributed by atoms with Gasteiger partial charge in [0.15, 0.2) is 6.61 Å². The predicted octanol–water partition coefficient (Wildman–Crippen LogP) is 2.47. The van der Waals surface area contributed by atoms with Gasteiger partial charge < -0.3 is 44.1 Å². The highest BCUT2D eigenvalue weighted by Gasteiger charge is 2.35. The molecule has 2 heterocycles. The fourth-order valence-corrected chi connectivity index (χ4v) is 5.76. The average Bonchev–Trinajstić information content (AvgIpc) is 3.07. The summed E-state index contributed by atoms with van der Waals surface area (Å²) in [5.41, 5.74) is 3.16. The maximum absolute atomic E-state index is 12.6. The van der Waals surface area contributed by atoms with Crippen LogP contribution in [-0.4, -0.2) is 96.4 Å². The van der Waals surface area contributed by atoms with Crippen molar-refractivity contribution >= 4 is 17.6 Å². The number of methoxy groups -OCH3 is 2. The van der Waals surface area contributed by atoms with E-state index >= 15 is 0 Å². The van der Waals surface area contributed by atoms with Crippen molar-refractivity contribution in [2.75, 3.05) is 78.3 Å². The van der Waals surface area contributed by atoms with Crippen LogP contribution < -0.4 is 25.0 Å². The van der Waals surface area contributed by atoms with Crippen molar-refractivity contribution in [1.29, 1.82) is 0 Å². The van der Waals surface area contributed by atoms with Crippen LogP contribution in [0.4, 0.5) is 5.69 Å². The van der Waals surface area contributed by atoms with E-state index in [1.807, 2.05) is 36.4 Å². The van der Waals surface area contributed by atoms with Crippen molar-refractivity contribution in [1.82, 2.24) is 10.6 Å². The van der Waals surface area contributed by atoms with E-state index in [1.165, 1.54) is 0 Å². The summed E-state index contributed by atoms with van der Waals surface area (Å²) in [5.74, 6) is 0.504. The normalized spacial score (nSPS) is 19.0. The van der Waals surface area contributed by atoms with Crippen LogP contribution in [0, 0.1) is 16.0 Å². The summed E-state index contributed by atoms with van der Waals surface area (Å²) in [6.45, 7) is 4.42. The zero-order valence-corrected chi connectivity index (χ0v) is 26.4. The van der Waals surface area contributed by atoms with Crippen LogP contribution in [0.2, 0.25) is 0 Å². The summed E-state index contributed by atoms with van der Waals surface area (Å²) in [4.78, 5) is 41.2. The molecule has 1 saturated heterocycles. The number of hydrogen-bond acceptors (Lipinski definition) is 12. The Labute approximate surface area is 268 Å². The number of carbonyl (C=O) groups excluding carboxylic acids is 2. The van der Waals surface area contributed by atoms with Crippen LogP contribution in [0.5, 0.6) is 11.5 Å². The maximum atomic E-state index is 12.6. The van der Waals surface area contributed by atoms with Gasteiger partial charge in [-0.1, -0.05) is 18.2 Å². The second kappa shape index (κ2) is 18.1. The third kappa shape index (κ3) is 10.5. The molecule has 2 aliphatic heterocycles. The fourth-order valence-electron chi connectivity index (χ4n) is 5.76. The van der Waals surface area contributed by atoms with Crippen molar-refractivity contribution in [2.45, 2.75) is 37.9 Å². The molecule has 1 fully saturated rings. The molecular formula is C32H44N4O10. The summed E-state index contributed by atoms with van der Waals surface area (Å²) in [6, 6.07) is 14.1. The van der Waals surface area contributed by atoms with Gasteiger partial charge >= 0.3 is 5.97 Å². The molecule has 14 nitrogen and oxygen atoms in total. The van der Waals surface area contributed by atoms with Crippen molar-refractivity contribution < 1.29 is 43.2 Å². The minimum atomic E-state index is -0.920. The van der Waals surface area contributed by atoms with Gasteiger partial charge in [0.05, 0.1) is 38.7 Å². The molecule has 0 aromatic heterocycles. The van der Waals surface area contributed by atoms with Crippen LogP contribution in [0.1, 0.15) is 36.3 Å². The first kappa shape index (κ1) is 34.7. The lowest BCUT2D eigenvalue weighted by Crippen LogP contribution is -2.50. The number of anilines is 1. The van der Waals surface area contributed by atoms with Crippen LogP contribution in [0.3, 0.4) is 0 Å². The number of nitrogens with one attached hydrogen (secondary N) is 2. The van der Waals surface area contributed by atoms with Gasteiger partial charge in [0.2, 0.25) is 0 Å². The summed E-state index contributed by atoms with van der Waals surface area (Å²) >= 11 is 0. The Bertz CT molecular complexity index is 1280. The zero-order valence-electron chi connectivity index (χ0n) is 26.4. The highest BCUT2D eigenvalue weighted by Crippen LogP contribution is 2.36. The average molecular weight is 645 g/mol. The van der Waals surface area contributed by atoms with Crippen LogP contribution in [0.15, 0.2) is 42.5 Å². The first-order chi connectivity index (χ1) is 22.4. The van der Waals surface area contributed by atoms with Crippen molar-refractivity contribution in [3.63, 3.8) is 0 Å². The molecular weight excluding hydrogens is 600 g/mol. The molecule has 1 amide bonds. The Hall–Kier alpha value is -4.14. The quantitative estimate of drug-likeness (QED) is 0.106. The molecule has 0 saturated carbocycles. The third-order valence-electron chi connectivity index (χ3n) is 8.03. The van der Waals surface area contributed by atoms with Crippen molar-refractivity contribution in [2.24, 2.45) is 5.92 Å². The predicted molar refractivity (Wildman–Crippen MR) is 167 cm³/mol. The Balaban J connectivity index is 1.37. The van der Waals surface area contributed by atoms with Gasteiger partial charge in [-0.15, -0.1) is 10.1 Å².